The lowest BCUT2D eigenvalue weighted by Crippen LogP contribution is -2.38. The molecule has 1 aliphatic heterocycles. The molecule has 1 aromatic heterocycles. The predicted molar refractivity (Wildman–Crippen MR) is 145 cm³/mol. The van der Waals surface area contributed by atoms with Crippen LogP contribution in [0.1, 0.15) is 23.2 Å². The molecule has 5 N–H and O–H groups in total. The number of rotatable bonds is 10. The van der Waals surface area contributed by atoms with E-state index in [4.69, 9.17) is 15.2 Å². The predicted octanol–water partition coefficient (Wildman–Crippen LogP) is 3.38. The fraction of sp³-hybridized carbons (Fsp3) is 0.259. The molecule has 3 amide bonds. The van der Waals surface area contributed by atoms with E-state index in [0.717, 1.165) is 12.8 Å². The number of pyridine rings is 1. The molecule has 0 bridgehead atoms. The van der Waals surface area contributed by atoms with Crippen LogP contribution < -0.4 is 21.1 Å². The Hall–Kier alpha value is -5.04. The summed E-state index contributed by atoms with van der Waals surface area (Å²) in [4.78, 5) is 42.2. The third kappa shape index (κ3) is 7.51. The van der Waals surface area contributed by atoms with Gasteiger partial charge in [0.2, 0.25) is 12.7 Å². The van der Waals surface area contributed by atoms with Crippen LogP contribution in [0, 0.1) is 0 Å². The highest BCUT2D eigenvalue weighted by Crippen LogP contribution is 2.30. The number of ether oxygens (including phenoxy) is 2. The monoisotopic (exact) mass is 547 g/mol. The van der Waals surface area contributed by atoms with Crippen molar-refractivity contribution in [1.29, 1.82) is 0 Å². The average Bonchev–Trinajstić information content (AvgIpc) is 3.46. The van der Waals surface area contributed by atoms with Crippen molar-refractivity contribution in [3.63, 3.8) is 0 Å². The van der Waals surface area contributed by atoms with Crippen molar-refractivity contribution in [2.45, 2.75) is 18.9 Å². The van der Waals surface area contributed by atoms with Crippen molar-refractivity contribution in [3.05, 3.63) is 72.3 Å². The van der Waals surface area contributed by atoms with Gasteiger partial charge in [-0.25, -0.2) is 9.78 Å². The number of nitrogen functional groups attached to an aromatic ring is 1. The van der Waals surface area contributed by atoms with Crippen molar-refractivity contribution in [2.24, 2.45) is 10.2 Å². The smallest absolute Gasteiger partial charge is 0.412 e. The molecule has 1 atom stereocenters. The SMILES string of the molecule is Nc1nc(NC(=O)CNC(=O)c2ccccc2)ccc1/N=N/c1ccccc1OCOC(=O)N1CCCC1CO. The van der Waals surface area contributed by atoms with E-state index < -0.39 is 12.0 Å². The molecular weight excluding hydrogens is 518 g/mol. The van der Waals surface area contributed by atoms with E-state index in [0.29, 0.717) is 23.5 Å². The summed E-state index contributed by atoms with van der Waals surface area (Å²) in [6.45, 7) is -0.179. The van der Waals surface area contributed by atoms with Gasteiger partial charge in [-0.2, -0.15) is 0 Å². The molecule has 1 fully saturated rings. The summed E-state index contributed by atoms with van der Waals surface area (Å²) < 4.78 is 10.8. The molecule has 1 aliphatic rings. The number of hydrogen-bond acceptors (Lipinski definition) is 10. The number of aliphatic hydroxyl groups is 1. The number of likely N-dealkylation sites (tertiary alicyclic amines) is 1. The highest BCUT2D eigenvalue weighted by molar-refractivity contribution is 5.99. The Morgan fingerprint density at radius 2 is 1.77 bits per heavy atom. The van der Waals surface area contributed by atoms with Gasteiger partial charge in [0, 0.05) is 12.1 Å². The first kappa shape index (κ1) is 28.0. The molecule has 208 valence electrons. The van der Waals surface area contributed by atoms with Crippen LogP contribution in [0.15, 0.2) is 77.0 Å². The molecule has 40 heavy (non-hydrogen) atoms. The van der Waals surface area contributed by atoms with Gasteiger partial charge in [-0.1, -0.05) is 30.3 Å². The summed E-state index contributed by atoms with van der Waals surface area (Å²) in [5.41, 5.74) is 7.05. The molecule has 0 saturated carbocycles. The molecule has 3 aromatic rings. The Morgan fingerprint density at radius 1 is 1.02 bits per heavy atom. The maximum Gasteiger partial charge on any atom is 0.412 e. The minimum absolute atomic E-state index is 0.0197. The number of azo groups is 1. The van der Waals surface area contributed by atoms with E-state index in [-0.39, 0.29) is 49.2 Å². The lowest BCUT2D eigenvalue weighted by atomic mass is 10.2. The first-order valence-corrected chi connectivity index (χ1v) is 12.5. The second kappa shape index (κ2) is 13.7. The summed E-state index contributed by atoms with van der Waals surface area (Å²) in [6.07, 6.45) is 0.983. The number of nitrogens with two attached hydrogens (primary N) is 1. The number of nitrogens with one attached hydrogen (secondary N) is 2. The summed E-state index contributed by atoms with van der Waals surface area (Å²) in [6, 6.07) is 18.1. The van der Waals surface area contributed by atoms with Gasteiger partial charge in [0.25, 0.3) is 5.91 Å². The normalized spacial score (nSPS) is 14.6. The van der Waals surface area contributed by atoms with Crippen molar-refractivity contribution < 1.29 is 29.0 Å². The summed E-state index contributed by atoms with van der Waals surface area (Å²) in [5, 5.41) is 22.8. The maximum absolute atomic E-state index is 12.3. The number of benzene rings is 2. The van der Waals surface area contributed by atoms with Crippen LogP contribution in [0.3, 0.4) is 0 Å². The van der Waals surface area contributed by atoms with Gasteiger partial charge in [-0.05, 0) is 49.2 Å². The fourth-order valence-corrected chi connectivity index (χ4v) is 3.92. The van der Waals surface area contributed by atoms with Gasteiger partial charge >= 0.3 is 6.09 Å². The van der Waals surface area contributed by atoms with Gasteiger partial charge < -0.3 is 35.8 Å². The summed E-state index contributed by atoms with van der Waals surface area (Å²) >= 11 is 0. The fourth-order valence-electron chi connectivity index (χ4n) is 3.92. The molecule has 2 aromatic carbocycles. The number of nitrogens with zero attached hydrogens (tertiary/aromatic N) is 4. The molecule has 4 rings (SSSR count). The molecule has 0 spiro atoms. The lowest BCUT2D eigenvalue weighted by molar-refractivity contribution is -0.115. The van der Waals surface area contributed by atoms with Gasteiger partial charge in [-0.15, -0.1) is 10.2 Å². The van der Waals surface area contributed by atoms with E-state index in [9.17, 15) is 19.5 Å². The Bertz CT molecular complexity index is 1370. The molecule has 13 nitrogen and oxygen atoms in total. The van der Waals surface area contributed by atoms with E-state index in [1.165, 1.54) is 17.0 Å². The van der Waals surface area contributed by atoms with Crippen molar-refractivity contribution in [1.82, 2.24) is 15.2 Å². The minimum Gasteiger partial charge on any atom is -0.455 e. The quantitative estimate of drug-likeness (QED) is 0.220. The van der Waals surface area contributed by atoms with Gasteiger partial charge in [0.1, 0.15) is 17.2 Å². The Labute approximate surface area is 230 Å². The zero-order valence-electron chi connectivity index (χ0n) is 21.5. The zero-order valence-corrected chi connectivity index (χ0v) is 21.5. The molecule has 0 radical (unpaired) electrons. The third-order valence-electron chi connectivity index (χ3n) is 5.97. The topological polar surface area (TPSA) is 181 Å². The molecule has 0 aliphatic carbocycles. The molecule has 13 heteroatoms. The summed E-state index contributed by atoms with van der Waals surface area (Å²) in [7, 11) is 0. The number of aromatic nitrogens is 1. The van der Waals surface area contributed by atoms with Crippen molar-refractivity contribution >= 4 is 40.9 Å². The van der Waals surface area contributed by atoms with Crippen LogP contribution in [0.4, 0.5) is 27.8 Å². The van der Waals surface area contributed by atoms with Gasteiger partial charge in [0.05, 0.1) is 19.2 Å². The van der Waals surface area contributed by atoms with Crippen LogP contribution in [0.2, 0.25) is 0 Å². The van der Waals surface area contributed by atoms with Crippen LogP contribution in [0.25, 0.3) is 0 Å². The second-order valence-electron chi connectivity index (χ2n) is 8.71. The van der Waals surface area contributed by atoms with Gasteiger partial charge in [-0.3, -0.25) is 9.59 Å². The second-order valence-corrected chi connectivity index (χ2v) is 8.71. The van der Waals surface area contributed by atoms with E-state index >= 15 is 0 Å². The number of para-hydroxylation sites is 1. The Morgan fingerprint density at radius 3 is 2.55 bits per heavy atom. The largest absolute Gasteiger partial charge is 0.455 e. The maximum atomic E-state index is 12.3. The van der Waals surface area contributed by atoms with E-state index in [1.807, 2.05) is 0 Å². The number of carbonyl (C=O) groups is 3. The standard InChI is InChI=1S/C27H29N7O6/c28-25-21(12-13-23(31-25)30-24(36)15-29-26(37)18-7-2-1-3-8-18)33-32-20-10-4-5-11-22(20)39-17-40-27(38)34-14-6-9-19(34)16-35/h1-5,7-8,10-13,19,35H,6,9,14-17H2,(H,29,37)(H3,28,30,31,36)/b33-32+. The van der Waals surface area contributed by atoms with Crippen LogP contribution in [-0.4, -0.2) is 65.4 Å². The molecular formula is C27H29N7O6. The highest BCUT2D eigenvalue weighted by atomic mass is 16.7. The number of aliphatic hydroxyl groups excluding tert-OH is 1. The van der Waals surface area contributed by atoms with E-state index in [1.54, 1.807) is 54.6 Å². The molecule has 2 heterocycles. The van der Waals surface area contributed by atoms with Crippen molar-refractivity contribution in [2.75, 3.05) is 37.5 Å². The number of hydrogen-bond donors (Lipinski definition) is 4. The Kier molecular flexibility index (Phi) is 9.56. The lowest BCUT2D eigenvalue weighted by Gasteiger charge is -2.22. The van der Waals surface area contributed by atoms with Crippen molar-refractivity contribution in [3.8, 4) is 5.75 Å². The Balaban J connectivity index is 1.29. The molecule has 1 saturated heterocycles. The number of carbonyl (C=O) groups excluding carboxylic acids is 3. The molecule has 1 unspecified atom stereocenters. The van der Waals surface area contributed by atoms with Crippen LogP contribution in [-0.2, 0) is 9.53 Å². The third-order valence-corrected chi connectivity index (χ3v) is 5.97. The first-order valence-electron chi connectivity index (χ1n) is 12.5. The highest BCUT2D eigenvalue weighted by Gasteiger charge is 2.29. The van der Waals surface area contributed by atoms with E-state index in [2.05, 4.69) is 25.8 Å². The minimum atomic E-state index is -0.555. The number of amides is 3. The van der Waals surface area contributed by atoms with Gasteiger partial charge in [0.15, 0.2) is 11.6 Å². The average molecular weight is 548 g/mol. The number of anilines is 2. The zero-order chi connectivity index (χ0) is 28.3. The van der Waals surface area contributed by atoms with Crippen LogP contribution in [0.5, 0.6) is 5.75 Å². The summed E-state index contributed by atoms with van der Waals surface area (Å²) in [5.74, 6) is -0.321. The van der Waals surface area contributed by atoms with Crippen LogP contribution >= 0.6 is 0 Å². The first-order chi connectivity index (χ1) is 19.4.